The molecule has 0 amide bonds. The molecule has 0 saturated carbocycles. The van der Waals surface area contributed by atoms with Crippen LogP contribution in [0.3, 0.4) is 0 Å². The molecule has 0 bridgehead atoms. The number of benzene rings is 4. The average molecular weight is 510 g/mol. The predicted octanol–water partition coefficient (Wildman–Crippen LogP) is 8.08. The number of nitrogens with zero attached hydrogens (tertiary/aromatic N) is 3. The van der Waals surface area contributed by atoms with Gasteiger partial charge in [-0.15, -0.1) is 10.2 Å². The second-order valence-corrected chi connectivity index (χ2v) is 9.14. The number of hydrogen-bond acceptors (Lipinski definition) is 5. The van der Waals surface area contributed by atoms with Crippen LogP contribution in [0.15, 0.2) is 95.2 Å². The van der Waals surface area contributed by atoms with Crippen molar-refractivity contribution in [1.29, 1.82) is 0 Å². The molecule has 0 spiro atoms. The van der Waals surface area contributed by atoms with Gasteiger partial charge in [0.1, 0.15) is 17.3 Å². The van der Waals surface area contributed by atoms with Crippen LogP contribution in [0, 0.1) is 5.82 Å². The number of carboxylic acid groups (broad SMARTS) is 1. The number of phenols is 1. The highest BCUT2D eigenvalue weighted by molar-refractivity contribution is 5.99. The maximum Gasteiger partial charge on any atom is 0.337 e. The van der Waals surface area contributed by atoms with Crippen LogP contribution >= 0.6 is 0 Å². The van der Waals surface area contributed by atoms with Crippen molar-refractivity contribution < 1.29 is 24.5 Å². The van der Waals surface area contributed by atoms with Gasteiger partial charge in [-0.05, 0) is 53.9 Å². The molecule has 5 rings (SSSR count). The van der Waals surface area contributed by atoms with E-state index in [-0.39, 0.29) is 28.6 Å². The smallest absolute Gasteiger partial charge is 0.337 e. The number of phenolic OH excluding ortho intramolecular Hbond substituents is 1. The Morgan fingerprint density at radius 1 is 0.842 bits per heavy atom. The molecule has 1 heterocycles. The number of aromatic nitrogens is 1. The number of aromatic hydroxyl groups is 2. The number of carboxylic acids is 1. The summed E-state index contributed by atoms with van der Waals surface area (Å²) in [7, 11) is 0. The number of fused-ring (bicyclic) bond motifs is 1. The standard InChI is InChI=1S/C30H24FN3O4/c1-17(2)18-10-13-20(14-11-18)34-25-16-19(31)12-15-23(25)28(29(34)36)33-32-27-22(7-5-8-24(27)30(37)38)21-6-3-4-9-26(21)35/h3-17,35-36H,1-2H3,(H,37,38). The van der Waals surface area contributed by atoms with E-state index >= 15 is 0 Å². The molecule has 0 saturated heterocycles. The van der Waals surface area contributed by atoms with E-state index in [4.69, 9.17) is 0 Å². The number of halogens is 1. The van der Waals surface area contributed by atoms with Crippen LogP contribution in [0.2, 0.25) is 0 Å². The molecule has 0 aliphatic heterocycles. The Labute approximate surface area is 217 Å². The second kappa shape index (κ2) is 9.82. The van der Waals surface area contributed by atoms with Gasteiger partial charge in [0.2, 0.25) is 5.88 Å². The quantitative estimate of drug-likeness (QED) is 0.201. The van der Waals surface area contributed by atoms with E-state index in [1.54, 1.807) is 30.3 Å². The molecule has 0 aliphatic carbocycles. The largest absolute Gasteiger partial charge is 0.507 e. The zero-order valence-corrected chi connectivity index (χ0v) is 20.6. The summed E-state index contributed by atoms with van der Waals surface area (Å²) in [5, 5.41) is 40.4. The number of aromatic carboxylic acids is 1. The molecule has 0 radical (unpaired) electrons. The summed E-state index contributed by atoms with van der Waals surface area (Å²) in [5.41, 5.74) is 2.74. The second-order valence-electron chi connectivity index (χ2n) is 9.14. The molecule has 8 heteroatoms. The van der Waals surface area contributed by atoms with Crippen molar-refractivity contribution in [2.75, 3.05) is 0 Å². The molecule has 190 valence electrons. The summed E-state index contributed by atoms with van der Waals surface area (Å²) >= 11 is 0. The number of azo groups is 1. The van der Waals surface area contributed by atoms with Gasteiger partial charge < -0.3 is 15.3 Å². The topological polar surface area (TPSA) is 107 Å². The van der Waals surface area contributed by atoms with Crippen molar-refractivity contribution in [3.63, 3.8) is 0 Å². The zero-order valence-electron chi connectivity index (χ0n) is 20.6. The van der Waals surface area contributed by atoms with E-state index in [1.807, 2.05) is 24.3 Å². The monoisotopic (exact) mass is 509 g/mol. The third kappa shape index (κ3) is 4.37. The Kier molecular flexibility index (Phi) is 6.38. The van der Waals surface area contributed by atoms with Crippen LogP contribution in [0.1, 0.15) is 35.7 Å². The zero-order chi connectivity index (χ0) is 27.0. The van der Waals surface area contributed by atoms with Gasteiger partial charge in [0.05, 0.1) is 11.1 Å². The molecule has 38 heavy (non-hydrogen) atoms. The summed E-state index contributed by atoms with van der Waals surface area (Å²) in [6.07, 6.45) is 0. The van der Waals surface area contributed by atoms with E-state index in [0.717, 1.165) is 5.56 Å². The highest BCUT2D eigenvalue weighted by Crippen LogP contribution is 2.44. The molecule has 0 aliphatic rings. The lowest BCUT2D eigenvalue weighted by Gasteiger charge is -2.10. The Hall–Kier alpha value is -4.98. The van der Waals surface area contributed by atoms with Crippen LogP contribution in [-0.4, -0.2) is 25.9 Å². The van der Waals surface area contributed by atoms with Gasteiger partial charge in [-0.25, -0.2) is 9.18 Å². The minimum atomic E-state index is -1.23. The van der Waals surface area contributed by atoms with Gasteiger partial charge in [0.15, 0.2) is 5.69 Å². The van der Waals surface area contributed by atoms with Crippen LogP contribution < -0.4 is 0 Å². The van der Waals surface area contributed by atoms with Crippen molar-refractivity contribution in [2.45, 2.75) is 19.8 Å². The number of rotatable bonds is 6. The lowest BCUT2D eigenvalue weighted by atomic mass is 9.99. The molecule has 0 fully saturated rings. The Balaban J connectivity index is 1.71. The molecule has 0 unspecified atom stereocenters. The molecule has 1 aromatic heterocycles. The minimum Gasteiger partial charge on any atom is -0.507 e. The number of hydrogen-bond donors (Lipinski definition) is 3. The first-order valence-corrected chi connectivity index (χ1v) is 12.0. The van der Waals surface area contributed by atoms with Gasteiger partial charge in [0.25, 0.3) is 0 Å². The normalized spacial score (nSPS) is 11.6. The van der Waals surface area contributed by atoms with Gasteiger partial charge in [0, 0.05) is 22.2 Å². The van der Waals surface area contributed by atoms with Crippen molar-refractivity contribution in [3.8, 4) is 28.4 Å². The van der Waals surface area contributed by atoms with Crippen molar-refractivity contribution in [3.05, 3.63) is 102 Å². The predicted molar refractivity (Wildman–Crippen MR) is 144 cm³/mol. The van der Waals surface area contributed by atoms with E-state index in [0.29, 0.717) is 33.6 Å². The number of carbonyl (C=O) groups is 1. The van der Waals surface area contributed by atoms with Gasteiger partial charge in [-0.1, -0.05) is 56.3 Å². The summed E-state index contributed by atoms with van der Waals surface area (Å²) in [5.74, 6) is -1.73. The Morgan fingerprint density at radius 3 is 2.21 bits per heavy atom. The molecule has 7 nitrogen and oxygen atoms in total. The average Bonchev–Trinajstić information content (AvgIpc) is 3.17. The van der Waals surface area contributed by atoms with E-state index in [2.05, 4.69) is 24.1 Å². The van der Waals surface area contributed by atoms with E-state index < -0.39 is 11.8 Å². The summed E-state index contributed by atoms with van der Waals surface area (Å²) in [6.45, 7) is 4.15. The number of para-hydroxylation sites is 1. The summed E-state index contributed by atoms with van der Waals surface area (Å²) in [6, 6.07) is 22.6. The molecule has 4 aromatic carbocycles. The van der Waals surface area contributed by atoms with Crippen molar-refractivity contribution in [1.82, 2.24) is 4.57 Å². The summed E-state index contributed by atoms with van der Waals surface area (Å²) in [4.78, 5) is 12.0. The van der Waals surface area contributed by atoms with Crippen LogP contribution in [0.25, 0.3) is 27.7 Å². The molecular weight excluding hydrogens is 485 g/mol. The summed E-state index contributed by atoms with van der Waals surface area (Å²) < 4.78 is 15.8. The minimum absolute atomic E-state index is 0.00481. The fourth-order valence-corrected chi connectivity index (χ4v) is 4.44. The van der Waals surface area contributed by atoms with Crippen molar-refractivity contribution in [2.24, 2.45) is 10.2 Å². The highest BCUT2D eigenvalue weighted by atomic mass is 19.1. The molecular formula is C30H24FN3O4. The van der Waals surface area contributed by atoms with Gasteiger partial charge in [-0.2, -0.15) is 0 Å². The van der Waals surface area contributed by atoms with Gasteiger partial charge >= 0.3 is 5.97 Å². The first-order valence-electron chi connectivity index (χ1n) is 12.0. The van der Waals surface area contributed by atoms with Crippen LogP contribution in [0.5, 0.6) is 11.6 Å². The third-order valence-electron chi connectivity index (χ3n) is 6.41. The first-order chi connectivity index (χ1) is 18.3. The molecule has 5 aromatic rings. The Morgan fingerprint density at radius 2 is 1.53 bits per heavy atom. The fourth-order valence-electron chi connectivity index (χ4n) is 4.44. The third-order valence-corrected chi connectivity index (χ3v) is 6.41. The fraction of sp³-hybridized carbons (Fsp3) is 0.100. The van der Waals surface area contributed by atoms with Crippen molar-refractivity contribution >= 4 is 28.2 Å². The lowest BCUT2D eigenvalue weighted by molar-refractivity contribution is 0.0697. The maximum atomic E-state index is 14.3. The maximum absolute atomic E-state index is 14.3. The van der Waals surface area contributed by atoms with E-state index in [9.17, 15) is 24.5 Å². The van der Waals surface area contributed by atoms with Crippen LogP contribution in [0.4, 0.5) is 15.8 Å². The van der Waals surface area contributed by atoms with E-state index in [1.165, 1.54) is 34.9 Å². The molecule has 0 atom stereocenters. The Bertz CT molecular complexity index is 1710. The highest BCUT2D eigenvalue weighted by Gasteiger charge is 2.21. The first kappa shape index (κ1) is 24.7. The lowest BCUT2D eigenvalue weighted by Crippen LogP contribution is -1.97. The molecule has 3 N–H and O–H groups in total. The van der Waals surface area contributed by atoms with Crippen LogP contribution in [-0.2, 0) is 0 Å². The SMILES string of the molecule is CC(C)c1ccc(-n2c(O)c(N=Nc3c(C(=O)O)cccc3-c3ccccc3O)c3ccc(F)cc32)cc1. The van der Waals surface area contributed by atoms with Gasteiger partial charge in [-0.3, -0.25) is 4.57 Å².